The van der Waals surface area contributed by atoms with Crippen LogP contribution in [0.5, 0.6) is 0 Å². The van der Waals surface area contributed by atoms with Crippen LogP contribution in [0.3, 0.4) is 0 Å². The Bertz CT molecular complexity index is 737. The Morgan fingerprint density at radius 1 is 1.32 bits per heavy atom. The summed E-state index contributed by atoms with van der Waals surface area (Å²) in [5, 5.41) is 13.0. The molecule has 0 radical (unpaired) electrons. The quantitative estimate of drug-likeness (QED) is 0.828. The number of hydrogen-bond acceptors (Lipinski definition) is 6. The molecule has 0 bridgehead atoms. The maximum atomic E-state index is 12.9. The van der Waals surface area contributed by atoms with Gasteiger partial charge >= 0.3 is 6.18 Å². The van der Waals surface area contributed by atoms with Crippen molar-refractivity contribution < 1.29 is 17.9 Å². The van der Waals surface area contributed by atoms with Crippen molar-refractivity contribution in [1.29, 1.82) is 0 Å². The number of rotatable bonds is 5. The average molecular weight is 374 g/mol. The van der Waals surface area contributed by atoms with E-state index in [0.717, 1.165) is 25.5 Å². The van der Waals surface area contributed by atoms with Gasteiger partial charge in [-0.1, -0.05) is 11.6 Å². The van der Waals surface area contributed by atoms with Crippen molar-refractivity contribution in [2.24, 2.45) is 0 Å². The van der Waals surface area contributed by atoms with Gasteiger partial charge in [-0.05, 0) is 31.0 Å². The highest BCUT2D eigenvalue weighted by Gasteiger charge is 2.33. The number of nitrogens with one attached hydrogen (secondary N) is 2. The third kappa shape index (κ3) is 4.70. The maximum absolute atomic E-state index is 12.9. The molecule has 2 aromatic rings. The number of halogens is 4. The Balaban J connectivity index is 1.69. The molecule has 1 aliphatic rings. The minimum Gasteiger partial charge on any atom is -0.376 e. The minimum atomic E-state index is -4.54. The van der Waals surface area contributed by atoms with E-state index in [1.54, 1.807) is 0 Å². The van der Waals surface area contributed by atoms with Crippen molar-refractivity contribution in [2.45, 2.75) is 25.1 Å². The second kappa shape index (κ2) is 7.40. The van der Waals surface area contributed by atoms with Gasteiger partial charge in [-0.25, -0.2) is 0 Å². The van der Waals surface area contributed by atoms with Crippen LogP contribution < -0.4 is 10.6 Å². The highest BCUT2D eigenvalue weighted by molar-refractivity contribution is 6.31. The molecule has 1 unspecified atom stereocenters. The van der Waals surface area contributed by atoms with Crippen LogP contribution in [0.2, 0.25) is 5.02 Å². The zero-order valence-electron chi connectivity index (χ0n) is 13.0. The van der Waals surface area contributed by atoms with E-state index in [4.69, 9.17) is 16.3 Å². The smallest absolute Gasteiger partial charge is 0.376 e. The summed E-state index contributed by atoms with van der Waals surface area (Å²) in [5.74, 6) is 0.533. The topological polar surface area (TPSA) is 72.0 Å². The Hall–Kier alpha value is -2.13. The summed E-state index contributed by atoms with van der Waals surface area (Å²) in [6.07, 6.45) is -1.13. The molecule has 2 heterocycles. The lowest BCUT2D eigenvalue weighted by molar-refractivity contribution is -0.137. The first kappa shape index (κ1) is 17.7. The number of alkyl halides is 3. The summed E-state index contributed by atoms with van der Waals surface area (Å²) < 4.78 is 44.2. The van der Waals surface area contributed by atoms with Gasteiger partial charge in [0.25, 0.3) is 0 Å². The van der Waals surface area contributed by atoms with Gasteiger partial charge in [0.2, 0.25) is 5.95 Å². The van der Waals surface area contributed by atoms with Gasteiger partial charge in [-0.3, -0.25) is 0 Å². The standard InChI is InChI=1S/C15H15ClF3N5O/c16-12-4-3-9(6-11(12)15(17,18)19)22-13-8-21-24-14(23-13)20-7-10-2-1-5-25-10/h3-4,6,8,10H,1-2,5,7H2,(H2,20,22,23,24). The zero-order valence-corrected chi connectivity index (χ0v) is 13.7. The number of anilines is 3. The fraction of sp³-hybridized carbons (Fsp3) is 0.400. The van der Waals surface area contributed by atoms with Crippen molar-refractivity contribution >= 4 is 29.1 Å². The number of aromatic nitrogens is 3. The second-order valence-electron chi connectivity index (χ2n) is 5.50. The Morgan fingerprint density at radius 2 is 2.16 bits per heavy atom. The average Bonchev–Trinajstić information content (AvgIpc) is 3.08. The number of nitrogens with zero attached hydrogens (tertiary/aromatic N) is 3. The third-order valence-corrected chi connectivity index (χ3v) is 3.94. The van der Waals surface area contributed by atoms with Gasteiger partial charge in [0, 0.05) is 18.8 Å². The lowest BCUT2D eigenvalue weighted by Gasteiger charge is -2.13. The lowest BCUT2D eigenvalue weighted by atomic mass is 10.2. The molecule has 1 fully saturated rings. The molecule has 1 saturated heterocycles. The van der Waals surface area contributed by atoms with Gasteiger partial charge in [0.1, 0.15) is 0 Å². The number of ether oxygens (including phenoxy) is 1. The summed E-state index contributed by atoms with van der Waals surface area (Å²) in [5.41, 5.74) is -0.722. The normalized spacial score (nSPS) is 17.5. The summed E-state index contributed by atoms with van der Waals surface area (Å²) in [7, 11) is 0. The van der Waals surface area contributed by atoms with Crippen molar-refractivity contribution in [3.63, 3.8) is 0 Å². The van der Waals surface area contributed by atoms with Gasteiger partial charge in [-0.15, -0.1) is 5.10 Å². The monoisotopic (exact) mass is 373 g/mol. The molecule has 1 aromatic heterocycles. The highest BCUT2D eigenvalue weighted by atomic mass is 35.5. The van der Waals surface area contributed by atoms with Crippen LogP contribution in [-0.2, 0) is 10.9 Å². The Morgan fingerprint density at radius 3 is 2.88 bits per heavy atom. The maximum Gasteiger partial charge on any atom is 0.417 e. The molecular formula is C15H15ClF3N5O. The van der Waals surface area contributed by atoms with E-state index >= 15 is 0 Å². The van der Waals surface area contributed by atoms with Crippen LogP contribution in [-0.4, -0.2) is 34.4 Å². The molecule has 6 nitrogen and oxygen atoms in total. The summed E-state index contributed by atoms with van der Waals surface area (Å²) in [6, 6.07) is 3.53. The van der Waals surface area contributed by atoms with Crippen LogP contribution in [0, 0.1) is 0 Å². The van der Waals surface area contributed by atoms with Crippen molar-refractivity contribution in [1.82, 2.24) is 15.2 Å². The molecule has 1 atom stereocenters. The molecule has 0 aliphatic carbocycles. The molecule has 10 heteroatoms. The van der Waals surface area contributed by atoms with E-state index in [0.29, 0.717) is 6.54 Å². The molecule has 0 spiro atoms. The number of benzene rings is 1. The van der Waals surface area contributed by atoms with Crippen LogP contribution in [0.15, 0.2) is 24.4 Å². The highest BCUT2D eigenvalue weighted by Crippen LogP contribution is 2.36. The van der Waals surface area contributed by atoms with Crippen molar-refractivity contribution in [3.05, 3.63) is 35.0 Å². The molecule has 25 heavy (non-hydrogen) atoms. The molecule has 2 N–H and O–H groups in total. The van der Waals surface area contributed by atoms with E-state index in [1.807, 2.05) is 0 Å². The van der Waals surface area contributed by atoms with Crippen LogP contribution in [0.1, 0.15) is 18.4 Å². The van der Waals surface area contributed by atoms with E-state index < -0.39 is 11.7 Å². The molecular weight excluding hydrogens is 359 g/mol. The van der Waals surface area contributed by atoms with E-state index in [-0.39, 0.29) is 28.6 Å². The largest absolute Gasteiger partial charge is 0.417 e. The first-order chi connectivity index (χ1) is 11.9. The first-order valence-corrected chi connectivity index (χ1v) is 7.98. The van der Waals surface area contributed by atoms with Crippen LogP contribution in [0.25, 0.3) is 0 Å². The summed E-state index contributed by atoms with van der Waals surface area (Å²) in [4.78, 5) is 4.18. The predicted octanol–water partition coefficient (Wildman–Crippen LogP) is 3.88. The molecule has 0 amide bonds. The van der Waals surface area contributed by atoms with Gasteiger partial charge in [0.05, 0.1) is 22.9 Å². The molecule has 1 aliphatic heterocycles. The fourth-order valence-corrected chi connectivity index (χ4v) is 2.64. The summed E-state index contributed by atoms with van der Waals surface area (Å²) in [6.45, 7) is 1.29. The third-order valence-electron chi connectivity index (χ3n) is 3.61. The summed E-state index contributed by atoms with van der Waals surface area (Å²) >= 11 is 5.60. The van der Waals surface area contributed by atoms with Gasteiger partial charge in [-0.2, -0.15) is 23.3 Å². The molecule has 0 saturated carbocycles. The predicted molar refractivity (Wildman–Crippen MR) is 87.0 cm³/mol. The van der Waals surface area contributed by atoms with Crippen LogP contribution >= 0.6 is 11.6 Å². The fourth-order valence-electron chi connectivity index (χ4n) is 2.42. The van der Waals surface area contributed by atoms with Crippen molar-refractivity contribution in [2.75, 3.05) is 23.8 Å². The molecule has 1 aromatic carbocycles. The molecule has 134 valence electrons. The number of hydrogen-bond donors (Lipinski definition) is 2. The van der Waals surface area contributed by atoms with Crippen molar-refractivity contribution in [3.8, 4) is 0 Å². The van der Waals surface area contributed by atoms with Crippen LogP contribution in [0.4, 0.5) is 30.6 Å². The first-order valence-electron chi connectivity index (χ1n) is 7.61. The Kier molecular flexibility index (Phi) is 5.24. The van der Waals surface area contributed by atoms with E-state index in [2.05, 4.69) is 25.8 Å². The van der Waals surface area contributed by atoms with E-state index in [1.165, 1.54) is 18.3 Å². The SMILES string of the molecule is FC(F)(F)c1cc(Nc2cnnc(NCC3CCCO3)n2)ccc1Cl. The zero-order chi connectivity index (χ0) is 17.9. The van der Waals surface area contributed by atoms with Gasteiger partial charge in [0.15, 0.2) is 5.82 Å². The van der Waals surface area contributed by atoms with Gasteiger partial charge < -0.3 is 15.4 Å². The minimum absolute atomic E-state index is 0.103. The van der Waals surface area contributed by atoms with E-state index in [9.17, 15) is 13.2 Å². The lowest BCUT2D eigenvalue weighted by Crippen LogP contribution is -2.20. The second-order valence-corrected chi connectivity index (χ2v) is 5.91. The molecule has 3 rings (SSSR count). The Labute approximate surface area is 146 Å².